The van der Waals surface area contributed by atoms with E-state index in [1.807, 2.05) is 0 Å². The van der Waals surface area contributed by atoms with Crippen molar-refractivity contribution in [3.63, 3.8) is 0 Å². The van der Waals surface area contributed by atoms with Crippen LogP contribution in [0.4, 0.5) is 0 Å². The summed E-state index contributed by atoms with van der Waals surface area (Å²) >= 11 is 0. The lowest BCUT2D eigenvalue weighted by atomic mass is 9.99. The standard InChI is InChI=1S/C45H88O9/c1-3-5-7-9-11-13-15-17-18-19-20-21-22-24-26-28-30-32-34-41(47)53-39(38-52-45-44(50)43(49)42(48)40(36-46)54-45)37-51-35-33-31-29-27-25-23-16-14-12-10-8-6-4-2/h39-40,42-46,48-50H,3-38H2,1-2H3. The van der Waals surface area contributed by atoms with Crippen LogP contribution in [-0.4, -0.2) is 89.6 Å². The average molecular weight is 773 g/mol. The van der Waals surface area contributed by atoms with Gasteiger partial charge in [-0.25, -0.2) is 0 Å². The minimum Gasteiger partial charge on any atom is -0.457 e. The van der Waals surface area contributed by atoms with Gasteiger partial charge in [-0.3, -0.25) is 4.79 Å². The molecule has 6 unspecified atom stereocenters. The van der Waals surface area contributed by atoms with Gasteiger partial charge in [0, 0.05) is 13.0 Å². The van der Waals surface area contributed by atoms with E-state index in [-0.39, 0.29) is 19.2 Å². The number of rotatable bonds is 40. The van der Waals surface area contributed by atoms with Crippen molar-refractivity contribution >= 4 is 5.97 Å². The van der Waals surface area contributed by atoms with Gasteiger partial charge in [-0.1, -0.05) is 200 Å². The van der Waals surface area contributed by atoms with Gasteiger partial charge in [-0.05, 0) is 12.8 Å². The van der Waals surface area contributed by atoms with Gasteiger partial charge in [0.15, 0.2) is 6.29 Å². The van der Waals surface area contributed by atoms with Crippen molar-refractivity contribution in [2.24, 2.45) is 0 Å². The number of hydrogen-bond acceptors (Lipinski definition) is 9. The molecule has 0 saturated carbocycles. The SMILES string of the molecule is CCCCCCCCCCCCCCCCCCCCC(=O)OC(COCCCCCCCCCCCCCCC)COC1OC(CO)C(O)C(O)C1O. The monoisotopic (exact) mass is 773 g/mol. The summed E-state index contributed by atoms with van der Waals surface area (Å²) in [6.45, 7) is 4.61. The second-order valence-electron chi connectivity index (χ2n) is 16.2. The summed E-state index contributed by atoms with van der Waals surface area (Å²) < 4.78 is 22.8. The third-order valence-electron chi connectivity index (χ3n) is 11.0. The molecule has 1 saturated heterocycles. The Morgan fingerprint density at radius 1 is 0.519 bits per heavy atom. The Hall–Kier alpha value is -0.810. The molecule has 1 aliphatic heterocycles. The van der Waals surface area contributed by atoms with E-state index in [0.29, 0.717) is 13.0 Å². The van der Waals surface area contributed by atoms with E-state index in [0.717, 1.165) is 32.1 Å². The van der Waals surface area contributed by atoms with Crippen LogP contribution in [-0.2, 0) is 23.7 Å². The molecule has 9 nitrogen and oxygen atoms in total. The van der Waals surface area contributed by atoms with E-state index in [1.165, 1.54) is 167 Å². The maximum absolute atomic E-state index is 12.8. The number of unbranched alkanes of at least 4 members (excludes halogenated alkanes) is 29. The van der Waals surface area contributed by atoms with Crippen molar-refractivity contribution in [3.8, 4) is 0 Å². The summed E-state index contributed by atoms with van der Waals surface area (Å²) in [6, 6.07) is 0. The zero-order chi connectivity index (χ0) is 39.3. The molecule has 0 spiro atoms. The predicted molar refractivity (Wildman–Crippen MR) is 220 cm³/mol. The highest BCUT2D eigenvalue weighted by Gasteiger charge is 2.44. The van der Waals surface area contributed by atoms with Crippen molar-refractivity contribution in [3.05, 3.63) is 0 Å². The van der Waals surface area contributed by atoms with E-state index < -0.39 is 43.4 Å². The number of ether oxygens (including phenoxy) is 4. The van der Waals surface area contributed by atoms with Crippen LogP contribution in [0.5, 0.6) is 0 Å². The smallest absolute Gasteiger partial charge is 0.306 e. The molecule has 0 bridgehead atoms. The molecule has 0 aliphatic carbocycles. The zero-order valence-electron chi connectivity index (χ0n) is 35.3. The molecule has 0 aromatic carbocycles. The zero-order valence-corrected chi connectivity index (χ0v) is 35.3. The molecule has 4 N–H and O–H groups in total. The number of esters is 1. The largest absolute Gasteiger partial charge is 0.457 e. The van der Waals surface area contributed by atoms with Crippen molar-refractivity contribution in [2.45, 2.75) is 256 Å². The van der Waals surface area contributed by atoms with Crippen LogP contribution in [0.3, 0.4) is 0 Å². The normalized spacial score (nSPS) is 20.7. The molecular formula is C45H88O9. The van der Waals surface area contributed by atoms with Crippen molar-refractivity contribution in [1.82, 2.24) is 0 Å². The van der Waals surface area contributed by atoms with E-state index in [1.54, 1.807) is 0 Å². The summed E-state index contributed by atoms with van der Waals surface area (Å²) in [5, 5.41) is 40.1. The molecule has 1 rings (SSSR count). The van der Waals surface area contributed by atoms with Crippen molar-refractivity contribution < 1.29 is 44.2 Å². The molecule has 0 aromatic rings. The van der Waals surface area contributed by atoms with Gasteiger partial charge in [0.25, 0.3) is 0 Å². The number of carbonyl (C=O) groups excluding carboxylic acids is 1. The van der Waals surface area contributed by atoms with Crippen LogP contribution >= 0.6 is 0 Å². The number of aliphatic hydroxyl groups is 4. The number of hydrogen-bond donors (Lipinski definition) is 4. The molecule has 1 aliphatic rings. The van der Waals surface area contributed by atoms with Crippen LogP contribution in [0.2, 0.25) is 0 Å². The average Bonchev–Trinajstić information content (AvgIpc) is 3.17. The van der Waals surface area contributed by atoms with Gasteiger partial charge in [0.2, 0.25) is 0 Å². The molecule has 1 fully saturated rings. The van der Waals surface area contributed by atoms with Gasteiger partial charge < -0.3 is 39.4 Å². The highest BCUT2D eigenvalue weighted by Crippen LogP contribution is 2.23. The Morgan fingerprint density at radius 2 is 0.907 bits per heavy atom. The lowest BCUT2D eigenvalue weighted by molar-refractivity contribution is -0.305. The summed E-state index contributed by atoms with van der Waals surface area (Å²) in [5.74, 6) is -0.307. The third kappa shape index (κ3) is 28.6. The molecule has 0 amide bonds. The fourth-order valence-corrected chi connectivity index (χ4v) is 7.38. The Labute approximate surface area is 332 Å². The number of carbonyl (C=O) groups is 1. The molecule has 0 radical (unpaired) electrons. The Bertz CT molecular complexity index is 797. The molecule has 0 aromatic heterocycles. The Kier molecular flexibility index (Phi) is 35.8. The van der Waals surface area contributed by atoms with E-state index in [2.05, 4.69) is 13.8 Å². The molecule has 9 heteroatoms. The van der Waals surface area contributed by atoms with Gasteiger partial charge in [-0.2, -0.15) is 0 Å². The fraction of sp³-hybridized carbons (Fsp3) is 0.978. The molecule has 54 heavy (non-hydrogen) atoms. The molecule has 322 valence electrons. The summed E-state index contributed by atoms with van der Waals surface area (Å²) in [7, 11) is 0. The maximum Gasteiger partial charge on any atom is 0.306 e. The van der Waals surface area contributed by atoms with Crippen molar-refractivity contribution in [2.75, 3.05) is 26.4 Å². The van der Waals surface area contributed by atoms with Crippen LogP contribution in [0.25, 0.3) is 0 Å². The lowest BCUT2D eigenvalue weighted by Crippen LogP contribution is -2.59. The van der Waals surface area contributed by atoms with Crippen molar-refractivity contribution in [1.29, 1.82) is 0 Å². The summed E-state index contributed by atoms with van der Waals surface area (Å²) in [6.07, 6.45) is 32.7. The lowest BCUT2D eigenvalue weighted by Gasteiger charge is -2.39. The first kappa shape index (κ1) is 51.2. The fourth-order valence-electron chi connectivity index (χ4n) is 7.38. The molecule has 1 heterocycles. The van der Waals surface area contributed by atoms with E-state index in [4.69, 9.17) is 18.9 Å². The van der Waals surface area contributed by atoms with Crippen LogP contribution in [0, 0.1) is 0 Å². The number of aliphatic hydroxyl groups excluding tert-OH is 4. The minimum absolute atomic E-state index is 0.105. The first-order chi connectivity index (χ1) is 26.4. The quantitative estimate of drug-likeness (QED) is 0.0355. The van der Waals surface area contributed by atoms with E-state index in [9.17, 15) is 25.2 Å². The Balaban J connectivity index is 2.22. The Morgan fingerprint density at radius 3 is 1.31 bits per heavy atom. The highest BCUT2D eigenvalue weighted by atomic mass is 16.7. The van der Waals surface area contributed by atoms with Crippen LogP contribution < -0.4 is 0 Å². The molecule has 6 atom stereocenters. The van der Waals surface area contributed by atoms with Gasteiger partial charge >= 0.3 is 5.97 Å². The summed E-state index contributed by atoms with van der Waals surface area (Å²) in [5.41, 5.74) is 0. The first-order valence-electron chi connectivity index (χ1n) is 23.1. The minimum atomic E-state index is -1.53. The third-order valence-corrected chi connectivity index (χ3v) is 11.0. The second kappa shape index (κ2) is 37.7. The van der Waals surface area contributed by atoms with Crippen LogP contribution in [0.1, 0.15) is 219 Å². The predicted octanol–water partition coefficient (Wildman–Crippen LogP) is 10.3. The summed E-state index contributed by atoms with van der Waals surface area (Å²) in [4.78, 5) is 12.8. The second-order valence-corrected chi connectivity index (χ2v) is 16.2. The van der Waals surface area contributed by atoms with E-state index >= 15 is 0 Å². The van der Waals surface area contributed by atoms with Gasteiger partial charge in [0.1, 0.15) is 30.5 Å². The van der Waals surface area contributed by atoms with Gasteiger partial charge in [-0.15, -0.1) is 0 Å². The molecular weight excluding hydrogens is 684 g/mol. The van der Waals surface area contributed by atoms with Gasteiger partial charge in [0.05, 0.1) is 19.8 Å². The first-order valence-corrected chi connectivity index (χ1v) is 23.1. The topological polar surface area (TPSA) is 135 Å². The maximum atomic E-state index is 12.8. The highest BCUT2D eigenvalue weighted by molar-refractivity contribution is 5.69. The van der Waals surface area contributed by atoms with Crippen LogP contribution in [0.15, 0.2) is 0 Å².